The fraction of sp³-hybridized carbons (Fsp3) is 0.462. The number of ether oxygens (including phenoxy) is 1. The Morgan fingerprint density at radius 3 is 2.56 bits per heavy atom. The molecule has 0 unspecified atom stereocenters. The highest BCUT2D eigenvalue weighted by Crippen LogP contribution is 2.22. The molecule has 3 aromatic heterocycles. The maximum atomic E-state index is 14.0. The van der Waals surface area contributed by atoms with Crippen molar-refractivity contribution in [3.8, 4) is 0 Å². The second-order valence-electron chi connectivity index (χ2n) is 9.35. The summed E-state index contributed by atoms with van der Waals surface area (Å²) in [6, 6.07) is 5.20. The van der Waals surface area contributed by atoms with Crippen LogP contribution in [-0.2, 0) is 22.6 Å². The number of nitrogens with one attached hydrogen (secondary N) is 1. The molecule has 0 aliphatic rings. The molecule has 1 amide bonds. The Kier molecular flexibility index (Phi) is 8.73. The summed E-state index contributed by atoms with van der Waals surface area (Å²) in [5.74, 6) is -0.827. The van der Waals surface area contributed by atoms with E-state index in [2.05, 4.69) is 15.0 Å². The van der Waals surface area contributed by atoms with Crippen LogP contribution in [0.5, 0.6) is 0 Å². The van der Waals surface area contributed by atoms with Crippen LogP contribution in [0, 0.1) is 5.92 Å². The molecule has 0 aromatic carbocycles. The summed E-state index contributed by atoms with van der Waals surface area (Å²) in [4.78, 5) is 64.3. The Morgan fingerprint density at radius 2 is 1.94 bits per heavy atom. The van der Waals surface area contributed by atoms with E-state index in [-0.39, 0.29) is 54.5 Å². The van der Waals surface area contributed by atoms with Crippen LogP contribution in [0.4, 0.5) is 0 Å². The summed E-state index contributed by atoms with van der Waals surface area (Å²) >= 11 is 0. The van der Waals surface area contributed by atoms with Crippen LogP contribution in [-0.4, -0.2) is 49.4 Å². The Bertz CT molecular complexity index is 1340. The first-order valence-corrected chi connectivity index (χ1v) is 12.1. The van der Waals surface area contributed by atoms with Crippen molar-refractivity contribution in [3.05, 3.63) is 68.3 Å². The molecule has 3 rings (SSSR count). The SMILES string of the molecule is CCOC(=O)CCN(Cc1cccnc1)C(=O)c1cc(C(C)C)nc2c1c(=O)[nH]c(=O)n2CC(C)C. The zero-order chi connectivity index (χ0) is 26.4. The first-order chi connectivity index (χ1) is 17.1. The molecule has 192 valence electrons. The number of nitrogens with zero attached hydrogens (tertiary/aromatic N) is 4. The number of aromatic nitrogens is 4. The third-order valence-electron chi connectivity index (χ3n) is 5.61. The number of aromatic amines is 1. The highest BCUT2D eigenvalue weighted by molar-refractivity contribution is 6.05. The molecule has 0 saturated heterocycles. The van der Waals surface area contributed by atoms with Gasteiger partial charge < -0.3 is 9.64 Å². The lowest BCUT2D eigenvalue weighted by Gasteiger charge is -2.24. The van der Waals surface area contributed by atoms with E-state index in [1.165, 1.54) is 9.47 Å². The maximum absolute atomic E-state index is 14.0. The Balaban J connectivity index is 2.18. The van der Waals surface area contributed by atoms with Crippen LogP contribution in [0.15, 0.2) is 40.2 Å². The number of rotatable bonds is 10. The van der Waals surface area contributed by atoms with Gasteiger partial charge in [-0.2, -0.15) is 0 Å². The number of amides is 1. The van der Waals surface area contributed by atoms with Crippen molar-refractivity contribution >= 4 is 22.9 Å². The van der Waals surface area contributed by atoms with Crippen LogP contribution < -0.4 is 11.2 Å². The molecule has 0 radical (unpaired) electrons. The summed E-state index contributed by atoms with van der Waals surface area (Å²) in [5, 5.41) is 0.0528. The van der Waals surface area contributed by atoms with Crippen LogP contribution in [0.1, 0.15) is 68.6 Å². The molecule has 0 saturated carbocycles. The third kappa shape index (κ3) is 6.24. The first kappa shape index (κ1) is 26.8. The van der Waals surface area contributed by atoms with Crippen molar-refractivity contribution in [2.75, 3.05) is 13.2 Å². The molecule has 3 aromatic rings. The standard InChI is InChI=1S/C26H33N5O5/c1-6-36-21(32)9-11-30(15-18-8-7-10-27-13-18)25(34)19-12-20(17(4)5)28-23-22(19)24(33)29-26(35)31(23)14-16(2)3/h7-8,10,12-13,16-17H,6,9,11,14-15H2,1-5H3,(H,29,33,35). The predicted octanol–water partition coefficient (Wildman–Crippen LogP) is 2.85. The summed E-state index contributed by atoms with van der Waals surface area (Å²) in [6.07, 6.45) is 3.27. The number of esters is 1. The van der Waals surface area contributed by atoms with Crippen molar-refractivity contribution in [2.45, 2.75) is 60.0 Å². The Labute approximate surface area is 209 Å². The molecule has 0 bridgehead atoms. The molecule has 10 heteroatoms. The van der Waals surface area contributed by atoms with Crippen LogP contribution in [0.3, 0.4) is 0 Å². The van der Waals surface area contributed by atoms with Gasteiger partial charge in [-0.1, -0.05) is 33.8 Å². The molecule has 0 aliphatic carbocycles. The minimum Gasteiger partial charge on any atom is -0.466 e. The van der Waals surface area contributed by atoms with Crippen molar-refractivity contribution in [1.29, 1.82) is 0 Å². The Hall–Kier alpha value is -3.82. The molecule has 0 aliphatic heterocycles. The lowest BCUT2D eigenvalue weighted by Crippen LogP contribution is -2.36. The second kappa shape index (κ2) is 11.7. The quantitative estimate of drug-likeness (QED) is 0.428. The fourth-order valence-corrected chi connectivity index (χ4v) is 3.89. The minimum atomic E-state index is -0.673. The van der Waals surface area contributed by atoms with Gasteiger partial charge >= 0.3 is 11.7 Å². The fourth-order valence-electron chi connectivity index (χ4n) is 3.89. The number of H-pyrrole nitrogens is 1. The summed E-state index contributed by atoms with van der Waals surface area (Å²) in [6.45, 7) is 10.3. The molecule has 3 heterocycles. The Morgan fingerprint density at radius 1 is 1.19 bits per heavy atom. The van der Waals surface area contributed by atoms with Crippen molar-refractivity contribution in [1.82, 2.24) is 24.4 Å². The van der Waals surface area contributed by atoms with Gasteiger partial charge in [-0.25, -0.2) is 9.78 Å². The maximum Gasteiger partial charge on any atom is 0.330 e. The van der Waals surface area contributed by atoms with Gasteiger partial charge in [0.15, 0.2) is 5.65 Å². The van der Waals surface area contributed by atoms with E-state index in [1.807, 2.05) is 33.8 Å². The minimum absolute atomic E-state index is 0.00564. The van der Waals surface area contributed by atoms with E-state index in [0.717, 1.165) is 5.56 Å². The van der Waals surface area contributed by atoms with Gasteiger partial charge in [-0.3, -0.25) is 28.9 Å². The monoisotopic (exact) mass is 495 g/mol. The van der Waals surface area contributed by atoms with Crippen LogP contribution in [0.25, 0.3) is 11.0 Å². The highest BCUT2D eigenvalue weighted by Gasteiger charge is 2.25. The van der Waals surface area contributed by atoms with Gasteiger partial charge in [0.25, 0.3) is 11.5 Å². The molecule has 0 atom stereocenters. The molecule has 10 nitrogen and oxygen atoms in total. The predicted molar refractivity (Wildman–Crippen MR) is 136 cm³/mol. The van der Waals surface area contributed by atoms with Crippen molar-refractivity contribution in [3.63, 3.8) is 0 Å². The zero-order valence-electron chi connectivity index (χ0n) is 21.4. The number of fused-ring (bicyclic) bond motifs is 1. The summed E-state index contributed by atoms with van der Waals surface area (Å²) in [5.41, 5.74) is 0.423. The van der Waals surface area contributed by atoms with E-state index < -0.39 is 23.1 Å². The number of hydrogen-bond acceptors (Lipinski definition) is 7. The van der Waals surface area contributed by atoms with Gasteiger partial charge in [-0.15, -0.1) is 0 Å². The van der Waals surface area contributed by atoms with Crippen LogP contribution in [0.2, 0.25) is 0 Å². The molecular formula is C26H33N5O5. The topological polar surface area (TPSA) is 127 Å². The van der Waals surface area contributed by atoms with Gasteiger partial charge in [0.2, 0.25) is 0 Å². The molecule has 1 N–H and O–H groups in total. The van der Waals surface area contributed by atoms with E-state index in [0.29, 0.717) is 12.2 Å². The van der Waals surface area contributed by atoms with Gasteiger partial charge in [0, 0.05) is 37.7 Å². The van der Waals surface area contributed by atoms with Crippen molar-refractivity contribution in [2.24, 2.45) is 5.92 Å². The number of pyridine rings is 2. The highest BCUT2D eigenvalue weighted by atomic mass is 16.5. The first-order valence-electron chi connectivity index (χ1n) is 12.1. The molecule has 0 spiro atoms. The lowest BCUT2D eigenvalue weighted by molar-refractivity contribution is -0.143. The van der Waals surface area contributed by atoms with E-state index in [4.69, 9.17) is 4.74 Å². The smallest absolute Gasteiger partial charge is 0.330 e. The number of hydrogen-bond donors (Lipinski definition) is 1. The van der Waals surface area contributed by atoms with E-state index in [9.17, 15) is 19.2 Å². The lowest BCUT2D eigenvalue weighted by atomic mass is 10.0. The van der Waals surface area contributed by atoms with Gasteiger partial charge in [0.05, 0.1) is 24.0 Å². The molecular weight excluding hydrogens is 462 g/mol. The largest absolute Gasteiger partial charge is 0.466 e. The average Bonchev–Trinajstić information content (AvgIpc) is 2.83. The van der Waals surface area contributed by atoms with E-state index in [1.54, 1.807) is 31.5 Å². The van der Waals surface area contributed by atoms with Gasteiger partial charge in [-0.05, 0) is 36.5 Å². The zero-order valence-corrected chi connectivity index (χ0v) is 21.4. The molecule has 36 heavy (non-hydrogen) atoms. The number of carbonyl (C=O) groups excluding carboxylic acids is 2. The number of carbonyl (C=O) groups is 2. The summed E-state index contributed by atoms with van der Waals surface area (Å²) in [7, 11) is 0. The summed E-state index contributed by atoms with van der Waals surface area (Å²) < 4.78 is 6.45. The van der Waals surface area contributed by atoms with Gasteiger partial charge in [0.1, 0.15) is 0 Å². The second-order valence-corrected chi connectivity index (χ2v) is 9.35. The average molecular weight is 496 g/mol. The third-order valence-corrected chi connectivity index (χ3v) is 5.61. The van der Waals surface area contributed by atoms with Crippen molar-refractivity contribution < 1.29 is 14.3 Å². The van der Waals surface area contributed by atoms with E-state index >= 15 is 0 Å². The normalized spacial score (nSPS) is 11.3. The van der Waals surface area contributed by atoms with Crippen LogP contribution >= 0.6 is 0 Å². The molecule has 0 fully saturated rings.